The molecule has 40 heavy (non-hydrogen) atoms. The largest absolute Gasteiger partial charge is 0.513 e. The van der Waals surface area contributed by atoms with Gasteiger partial charge in [-0.3, -0.25) is 24.1 Å². The van der Waals surface area contributed by atoms with Crippen LogP contribution in [0.3, 0.4) is 0 Å². The van der Waals surface area contributed by atoms with Gasteiger partial charge in [0, 0.05) is 36.3 Å². The van der Waals surface area contributed by atoms with E-state index >= 15 is 0 Å². The van der Waals surface area contributed by atoms with Crippen LogP contribution in [0.25, 0.3) is 0 Å². The Morgan fingerprint density at radius 3 is 2.17 bits per heavy atom. The van der Waals surface area contributed by atoms with Gasteiger partial charge >= 0.3 is 6.16 Å². The molecule has 1 saturated heterocycles. The molecule has 5 rings (SSSR count). The van der Waals surface area contributed by atoms with Crippen LogP contribution in [-0.4, -0.2) is 71.4 Å². The smallest absolute Gasteiger partial charge is 0.434 e. The highest BCUT2D eigenvalue weighted by Gasteiger charge is 2.40. The maximum Gasteiger partial charge on any atom is 0.513 e. The van der Waals surface area contributed by atoms with E-state index < -0.39 is 6.16 Å². The molecule has 1 aliphatic carbocycles. The second-order valence-corrected chi connectivity index (χ2v) is 10.4. The lowest BCUT2D eigenvalue weighted by atomic mass is 9.94. The van der Waals surface area contributed by atoms with Crippen molar-refractivity contribution < 1.29 is 33.4 Å². The topological polar surface area (TPSA) is 122 Å². The van der Waals surface area contributed by atoms with Crippen LogP contribution in [0.4, 0.5) is 4.79 Å². The molecule has 1 saturated carbocycles. The van der Waals surface area contributed by atoms with Gasteiger partial charge in [-0.25, -0.2) is 4.79 Å². The van der Waals surface area contributed by atoms with Gasteiger partial charge in [0.05, 0.1) is 17.7 Å². The predicted octanol–water partition coefficient (Wildman–Crippen LogP) is 4.19. The van der Waals surface area contributed by atoms with Crippen molar-refractivity contribution in [1.82, 2.24) is 15.1 Å². The van der Waals surface area contributed by atoms with Crippen LogP contribution >= 0.6 is 0 Å². The lowest BCUT2D eigenvalue weighted by Crippen LogP contribution is -2.46. The fourth-order valence-corrected chi connectivity index (χ4v) is 5.66. The number of benzene rings is 2. The quantitative estimate of drug-likeness (QED) is 0.327. The number of hydrogen-bond donors (Lipinski definition) is 1. The van der Waals surface area contributed by atoms with Crippen LogP contribution in [0.5, 0.6) is 5.75 Å². The van der Waals surface area contributed by atoms with Gasteiger partial charge < -0.3 is 19.7 Å². The molecule has 2 aromatic carbocycles. The van der Waals surface area contributed by atoms with Gasteiger partial charge in [0.15, 0.2) is 0 Å². The molecule has 0 aromatic heterocycles. The molecule has 10 nitrogen and oxygen atoms in total. The number of carbonyl (C=O) groups is 5. The maximum absolute atomic E-state index is 13.1. The van der Waals surface area contributed by atoms with Crippen LogP contribution in [0.1, 0.15) is 93.3 Å². The zero-order valence-corrected chi connectivity index (χ0v) is 22.5. The molecular formula is C30H33N3O7. The number of piperidine rings is 1. The second kappa shape index (κ2) is 11.9. The van der Waals surface area contributed by atoms with Crippen LogP contribution < -0.4 is 10.1 Å². The molecule has 10 heteroatoms. The Bertz CT molecular complexity index is 1310. The fraction of sp³-hybridized carbons (Fsp3) is 0.433. The van der Waals surface area contributed by atoms with E-state index in [0.29, 0.717) is 48.2 Å². The molecule has 0 atom stereocenters. The number of fused-ring (bicyclic) bond motifs is 1. The van der Waals surface area contributed by atoms with Gasteiger partial charge in [-0.1, -0.05) is 19.3 Å². The van der Waals surface area contributed by atoms with Gasteiger partial charge in [-0.05, 0) is 75.1 Å². The van der Waals surface area contributed by atoms with E-state index in [2.05, 4.69) is 5.32 Å². The molecule has 3 aliphatic rings. The van der Waals surface area contributed by atoms with E-state index in [-0.39, 0.29) is 48.1 Å². The minimum Gasteiger partial charge on any atom is -0.434 e. The highest BCUT2D eigenvalue weighted by molar-refractivity contribution is 6.22. The van der Waals surface area contributed by atoms with Crippen molar-refractivity contribution >= 4 is 29.8 Å². The van der Waals surface area contributed by atoms with E-state index in [9.17, 15) is 24.0 Å². The lowest BCUT2D eigenvalue weighted by molar-refractivity contribution is 0.0547. The zero-order valence-electron chi connectivity index (χ0n) is 22.5. The van der Waals surface area contributed by atoms with Gasteiger partial charge in [-0.15, -0.1) is 0 Å². The van der Waals surface area contributed by atoms with Crippen molar-refractivity contribution in [2.75, 3.05) is 19.7 Å². The van der Waals surface area contributed by atoms with Gasteiger partial charge in [0.25, 0.3) is 23.6 Å². The molecule has 0 bridgehead atoms. The first-order valence-corrected chi connectivity index (χ1v) is 13.9. The Labute approximate surface area is 232 Å². The maximum atomic E-state index is 13.1. The summed E-state index contributed by atoms with van der Waals surface area (Å²) in [6.07, 6.45) is 5.16. The van der Waals surface area contributed by atoms with Crippen molar-refractivity contribution in [3.05, 3.63) is 64.7 Å². The summed E-state index contributed by atoms with van der Waals surface area (Å²) in [4.78, 5) is 66.5. The Balaban J connectivity index is 1.14. The fourth-order valence-electron chi connectivity index (χ4n) is 5.66. The SMILES string of the molecule is CCOC(=O)Oc1ccc(C(=O)N2CCC(NC(=O)c3ccc4c(c3)C(=O)N(C3CCCCC3)C4=O)CC2)cc1. The number of hydrogen-bond acceptors (Lipinski definition) is 7. The number of nitrogens with one attached hydrogen (secondary N) is 1. The third kappa shape index (κ3) is 5.71. The van der Waals surface area contributed by atoms with Crippen molar-refractivity contribution in [2.24, 2.45) is 0 Å². The molecule has 2 heterocycles. The summed E-state index contributed by atoms with van der Waals surface area (Å²) < 4.78 is 9.77. The summed E-state index contributed by atoms with van der Waals surface area (Å²) in [6, 6.07) is 10.8. The van der Waals surface area contributed by atoms with Crippen LogP contribution in [-0.2, 0) is 4.74 Å². The van der Waals surface area contributed by atoms with Crippen LogP contribution in [0.15, 0.2) is 42.5 Å². The summed E-state index contributed by atoms with van der Waals surface area (Å²) in [5, 5.41) is 3.02. The third-order valence-corrected chi connectivity index (χ3v) is 7.80. The molecule has 0 radical (unpaired) electrons. The number of likely N-dealkylation sites (tertiary alicyclic amines) is 1. The van der Waals surface area contributed by atoms with E-state index in [0.717, 1.165) is 32.1 Å². The summed E-state index contributed by atoms with van der Waals surface area (Å²) in [6.45, 7) is 2.83. The number of rotatable bonds is 6. The van der Waals surface area contributed by atoms with Crippen molar-refractivity contribution in [3.63, 3.8) is 0 Å². The summed E-state index contributed by atoms with van der Waals surface area (Å²) in [5.41, 5.74) is 1.47. The summed E-state index contributed by atoms with van der Waals surface area (Å²) in [7, 11) is 0. The van der Waals surface area contributed by atoms with Gasteiger partial charge in [0.2, 0.25) is 0 Å². The zero-order chi connectivity index (χ0) is 28.2. The van der Waals surface area contributed by atoms with E-state index in [1.807, 2.05) is 0 Å². The van der Waals surface area contributed by atoms with Crippen LogP contribution in [0.2, 0.25) is 0 Å². The lowest BCUT2D eigenvalue weighted by Gasteiger charge is -2.32. The molecule has 2 fully saturated rings. The summed E-state index contributed by atoms with van der Waals surface area (Å²) in [5.74, 6) is -0.737. The number of imide groups is 1. The first kappa shape index (κ1) is 27.4. The van der Waals surface area contributed by atoms with E-state index in [1.54, 1.807) is 48.2 Å². The van der Waals surface area contributed by atoms with Gasteiger partial charge in [-0.2, -0.15) is 0 Å². The monoisotopic (exact) mass is 547 g/mol. The highest BCUT2D eigenvalue weighted by atomic mass is 16.7. The van der Waals surface area contributed by atoms with Crippen molar-refractivity contribution in [1.29, 1.82) is 0 Å². The summed E-state index contributed by atoms with van der Waals surface area (Å²) >= 11 is 0. The minimum atomic E-state index is -0.799. The molecule has 4 amide bonds. The van der Waals surface area contributed by atoms with Crippen molar-refractivity contribution in [2.45, 2.75) is 64.0 Å². The average Bonchev–Trinajstić information content (AvgIpc) is 3.22. The van der Waals surface area contributed by atoms with Crippen LogP contribution in [0, 0.1) is 0 Å². The van der Waals surface area contributed by atoms with E-state index in [1.165, 1.54) is 11.0 Å². The first-order valence-electron chi connectivity index (χ1n) is 13.9. The standard InChI is InChI=1S/C30H33N3O7/c1-2-39-30(38)40-23-11-8-19(9-12-23)27(35)32-16-14-21(15-17-32)31-26(34)20-10-13-24-25(18-20)29(37)33(28(24)36)22-6-4-3-5-7-22/h8-13,18,21-22H,2-7,14-17H2,1H3,(H,31,34). The predicted molar refractivity (Wildman–Crippen MR) is 144 cm³/mol. The molecule has 1 N–H and O–H groups in total. The number of nitrogens with zero attached hydrogens (tertiary/aromatic N) is 2. The Kier molecular flexibility index (Phi) is 8.14. The first-order chi connectivity index (χ1) is 19.4. The minimum absolute atomic E-state index is 0.0674. The third-order valence-electron chi connectivity index (χ3n) is 7.80. The normalized spacial score (nSPS) is 17.9. The molecular weight excluding hydrogens is 514 g/mol. The molecule has 2 aliphatic heterocycles. The molecule has 0 spiro atoms. The van der Waals surface area contributed by atoms with E-state index in [4.69, 9.17) is 9.47 Å². The molecule has 210 valence electrons. The Hall–Kier alpha value is -4.21. The van der Waals surface area contributed by atoms with Gasteiger partial charge in [0.1, 0.15) is 5.75 Å². The number of carbonyl (C=O) groups excluding carboxylic acids is 5. The Morgan fingerprint density at radius 1 is 0.850 bits per heavy atom. The number of amides is 4. The second-order valence-electron chi connectivity index (χ2n) is 10.4. The number of ether oxygens (including phenoxy) is 2. The Morgan fingerprint density at radius 2 is 1.50 bits per heavy atom. The highest BCUT2D eigenvalue weighted by Crippen LogP contribution is 2.31. The molecule has 0 unspecified atom stereocenters. The molecule has 2 aromatic rings. The average molecular weight is 548 g/mol. The van der Waals surface area contributed by atoms with Crippen molar-refractivity contribution in [3.8, 4) is 5.75 Å².